The van der Waals surface area contributed by atoms with E-state index < -0.39 is 43.9 Å². The quantitative estimate of drug-likeness (QED) is 0.247. The molecule has 5 unspecified atom stereocenters. The molecule has 0 bridgehead atoms. The first-order valence-corrected chi connectivity index (χ1v) is 11.9. The predicted octanol–water partition coefficient (Wildman–Crippen LogP) is 1.22. The Hall–Kier alpha value is -3.32. The number of benzene rings is 3. The van der Waals surface area contributed by atoms with Gasteiger partial charge in [0.25, 0.3) is 0 Å². The Bertz CT molecular complexity index is 1310. The van der Waals surface area contributed by atoms with E-state index in [0.29, 0.717) is 44.5 Å². The Balaban J connectivity index is 1.99. The van der Waals surface area contributed by atoms with Crippen molar-refractivity contribution in [2.24, 2.45) is 0 Å². The summed E-state index contributed by atoms with van der Waals surface area (Å²) < 4.78 is 28.0. The highest BCUT2D eigenvalue weighted by molar-refractivity contribution is 6.04. The molecule has 0 saturated carbocycles. The van der Waals surface area contributed by atoms with E-state index in [2.05, 4.69) is 0 Å². The summed E-state index contributed by atoms with van der Waals surface area (Å²) in [6.45, 7) is 0.686. The summed E-state index contributed by atoms with van der Waals surface area (Å²) in [4.78, 5) is 0. The van der Waals surface area contributed by atoms with Crippen LogP contribution in [0.4, 0.5) is 0 Å². The second-order valence-corrected chi connectivity index (χ2v) is 8.92. The van der Waals surface area contributed by atoms with E-state index in [9.17, 15) is 30.6 Å². The third kappa shape index (κ3) is 4.68. The number of aliphatic hydroxyl groups is 5. The number of methoxy groups -OCH3 is 3. The van der Waals surface area contributed by atoms with Crippen molar-refractivity contribution in [2.45, 2.75) is 44.2 Å². The van der Waals surface area contributed by atoms with Crippen LogP contribution in [-0.2, 0) is 11.3 Å². The highest BCUT2D eigenvalue weighted by Gasteiger charge is 2.45. The molecule has 6 N–H and O–H groups in total. The fourth-order valence-electron chi connectivity index (χ4n) is 4.77. The molecule has 0 amide bonds. The molecule has 1 aliphatic heterocycles. The van der Waals surface area contributed by atoms with Gasteiger partial charge in [-0.3, -0.25) is 0 Å². The van der Waals surface area contributed by atoms with Crippen LogP contribution in [0.3, 0.4) is 0 Å². The molecule has 11 nitrogen and oxygen atoms in total. The Kier molecular flexibility index (Phi) is 8.16. The molecule has 1 saturated heterocycles. The molecule has 0 spiro atoms. The third-order valence-corrected chi connectivity index (χ3v) is 6.85. The monoisotopic (exact) mass is 532 g/mol. The van der Waals surface area contributed by atoms with E-state index in [1.165, 1.54) is 27.4 Å². The number of aromatic hydroxyl groups is 1. The summed E-state index contributed by atoms with van der Waals surface area (Å²) in [6, 6.07) is 8.24. The van der Waals surface area contributed by atoms with Gasteiger partial charge in [0.1, 0.15) is 30.2 Å². The Labute approximate surface area is 219 Å². The molecule has 4 rings (SSSR count). The van der Waals surface area contributed by atoms with Crippen LogP contribution >= 0.6 is 0 Å². The minimum Gasteiger partial charge on any atom is -0.504 e. The van der Waals surface area contributed by atoms with Crippen molar-refractivity contribution in [3.05, 3.63) is 41.5 Å². The van der Waals surface area contributed by atoms with E-state index in [1.807, 2.05) is 0 Å². The van der Waals surface area contributed by atoms with Crippen LogP contribution in [0.5, 0.6) is 28.7 Å². The van der Waals surface area contributed by atoms with E-state index in [1.54, 1.807) is 31.2 Å². The Morgan fingerprint density at radius 3 is 2.03 bits per heavy atom. The van der Waals surface area contributed by atoms with Crippen LogP contribution in [0.25, 0.3) is 21.9 Å². The lowest BCUT2D eigenvalue weighted by Crippen LogP contribution is -2.60. The Morgan fingerprint density at radius 2 is 1.45 bits per heavy atom. The highest BCUT2D eigenvalue weighted by atomic mass is 16.7. The van der Waals surface area contributed by atoms with Crippen LogP contribution in [0.15, 0.2) is 30.3 Å². The van der Waals surface area contributed by atoms with Gasteiger partial charge in [0.05, 0.1) is 34.5 Å². The van der Waals surface area contributed by atoms with E-state index in [-0.39, 0.29) is 17.2 Å². The van der Waals surface area contributed by atoms with Crippen molar-refractivity contribution >= 4 is 10.8 Å². The fourth-order valence-corrected chi connectivity index (χ4v) is 4.77. The van der Waals surface area contributed by atoms with Crippen molar-refractivity contribution in [1.29, 1.82) is 0 Å². The SMILES string of the molecule is COc1cc(-c2c(C)c(CO)c(OC3OC(CO)C(O)C(O)C3O)c3cc(OC)c(OC)cc23)ccc1O. The van der Waals surface area contributed by atoms with Gasteiger partial charge in [-0.1, -0.05) is 6.07 Å². The molecule has 3 aromatic carbocycles. The van der Waals surface area contributed by atoms with Gasteiger partial charge in [-0.05, 0) is 53.3 Å². The topological polar surface area (TPSA) is 168 Å². The van der Waals surface area contributed by atoms with Gasteiger partial charge >= 0.3 is 0 Å². The molecule has 3 aromatic rings. The summed E-state index contributed by atoms with van der Waals surface area (Å²) in [6.07, 6.45) is -7.51. The predicted molar refractivity (Wildman–Crippen MR) is 136 cm³/mol. The van der Waals surface area contributed by atoms with Gasteiger partial charge in [0.15, 0.2) is 23.0 Å². The zero-order chi connectivity index (χ0) is 27.7. The molecular weight excluding hydrogens is 500 g/mol. The average molecular weight is 533 g/mol. The maximum absolute atomic E-state index is 10.6. The molecule has 1 aliphatic rings. The molecule has 206 valence electrons. The lowest BCUT2D eigenvalue weighted by molar-refractivity contribution is -0.277. The van der Waals surface area contributed by atoms with E-state index in [4.69, 9.17) is 23.7 Å². The zero-order valence-electron chi connectivity index (χ0n) is 21.4. The number of aliphatic hydroxyl groups excluding tert-OH is 5. The molecule has 5 atom stereocenters. The van der Waals surface area contributed by atoms with Crippen molar-refractivity contribution < 1.29 is 54.3 Å². The summed E-state index contributed by atoms with van der Waals surface area (Å²) in [7, 11) is 4.40. The molecular formula is C27H32O11. The van der Waals surface area contributed by atoms with E-state index >= 15 is 0 Å². The number of phenols is 1. The molecule has 38 heavy (non-hydrogen) atoms. The number of phenolic OH excluding ortho intramolecular Hbond substituents is 1. The van der Waals surface area contributed by atoms with Crippen LogP contribution < -0.4 is 18.9 Å². The fraction of sp³-hybridized carbons (Fsp3) is 0.407. The van der Waals surface area contributed by atoms with Crippen molar-refractivity contribution in [1.82, 2.24) is 0 Å². The summed E-state index contributed by atoms with van der Waals surface area (Å²) in [5.74, 6) is 1.13. The van der Waals surface area contributed by atoms with Crippen molar-refractivity contribution in [2.75, 3.05) is 27.9 Å². The minimum absolute atomic E-state index is 0.0394. The summed E-state index contributed by atoms with van der Waals surface area (Å²) >= 11 is 0. The van der Waals surface area contributed by atoms with Gasteiger partial charge in [-0.15, -0.1) is 0 Å². The number of ether oxygens (including phenoxy) is 5. The number of hydrogen-bond acceptors (Lipinski definition) is 11. The largest absolute Gasteiger partial charge is 0.504 e. The van der Waals surface area contributed by atoms with Crippen LogP contribution in [0, 0.1) is 6.92 Å². The lowest BCUT2D eigenvalue weighted by Gasteiger charge is -2.40. The van der Waals surface area contributed by atoms with Crippen LogP contribution in [-0.4, -0.2) is 89.3 Å². The summed E-state index contributed by atoms with van der Waals surface area (Å²) in [5, 5.41) is 62.3. The van der Waals surface area contributed by atoms with Crippen LogP contribution in [0.1, 0.15) is 11.1 Å². The number of rotatable bonds is 8. The van der Waals surface area contributed by atoms with Gasteiger partial charge in [0, 0.05) is 10.9 Å². The second-order valence-electron chi connectivity index (χ2n) is 8.92. The number of fused-ring (bicyclic) bond motifs is 1. The first-order valence-electron chi connectivity index (χ1n) is 11.9. The van der Waals surface area contributed by atoms with Crippen molar-refractivity contribution in [3.63, 3.8) is 0 Å². The van der Waals surface area contributed by atoms with Gasteiger partial charge in [-0.2, -0.15) is 0 Å². The second kappa shape index (κ2) is 11.2. The first-order chi connectivity index (χ1) is 18.2. The average Bonchev–Trinajstić information content (AvgIpc) is 2.93. The molecule has 0 aliphatic carbocycles. The molecule has 11 heteroatoms. The van der Waals surface area contributed by atoms with Crippen molar-refractivity contribution in [3.8, 4) is 39.9 Å². The molecule has 1 heterocycles. The van der Waals surface area contributed by atoms with Gasteiger partial charge < -0.3 is 54.3 Å². The molecule has 0 radical (unpaired) electrons. The minimum atomic E-state index is -1.66. The first kappa shape index (κ1) is 27.7. The van der Waals surface area contributed by atoms with Gasteiger partial charge in [0.2, 0.25) is 6.29 Å². The van der Waals surface area contributed by atoms with Crippen LogP contribution in [0.2, 0.25) is 0 Å². The molecule has 1 fully saturated rings. The standard InChI is InChI=1S/C27H32O11/c1-12-16(10-28)26(38-27-25(33)24(32)23(31)21(11-29)37-27)15-9-20(36-4)19(35-3)8-14(15)22(12)13-5-6-17(30)18(7-13)34-2/h5-9,21,23-25,27-33H,10-11H2,1-4H3. The third-order valence-electron chi connectivity index (χ3n) is 6.85. The smallest absolute Gasteiger partial charge is 0.229 e. The van der Waals surface area contributed by atoms with E-state index in [0.717, 1.165) is 0 Å². The van der Waals surface area contributed by atoms with Gasteiger partial charge in [-0.25, -0.2) is 0 Å². The maximum Gasteiger partial charge on any atom is 0.229 e. The summed E-state index contributed by atoms with van der Waals surface area (Å²) in [5.41, 5.74) is 2.32. The number of hydrogen-bond donors (Lipinski definition) is 6. The molecule has 0 aromatic heterocycles. The highest BCUT2D eigenvalue weighted by Crippen LogP contribution is 2.47. The lowest BCUT2D eigenvalue weighted by atomic mass is 9.89. The normalized spacial score (nSPS) is 23.3. The Morgan fingerprint density at radius 1 is 0.816 bits per heavy atom. The zero-order valence-corrected chi connectivity index (χ0v) is 21.4. The maximum atomic E-state index is 10.6.